The summed E-state index contributed by atoms with van der Waals surface area (Å²) in [6, 6.07) is 7.26. The van der Waals surface area contributed by atoms with Crippen molar-refractivity contribution in [1.29, 1.82) is 0 Å². The maximum atomic E-state index is 12.2. The molecule has 2 aromatic rings. The van der Waals surface area contributed by atoms with Gasteiger partial charge in [0.1, 0.15) is 0 Å². The molecule has 1 aromatic heterocycles. The van der Waals surface area contributed by atoms with Crippen LogP contribution in [0.2, 0.25) is 0 Å². The van der Waals surface area contributed by atoms with Crippen LogP contribution >= 0.6 is 0 Å². The van der Waals surface area contributed by atoms with E-state index >= 15 is 0 Å². The molecule has 0 saturated heterocycles. The molecule has 0 bridgehead atoms. The Labute approximate surface area is 132 Å². The van der Waals surface area contributed by atoms with Gasteiger partial charge in [0.25, 0.3) is 10.0 Å². The highest BCUT2D eigenvalue weighted by Crippen LogP contribution is 2.29. The zero-order valence-electron chi connectivity index (χ0n) is 12.1. The van der Waals surface area contributed by atoms with E-state index in [1.807, 2.05) is 4.83 Å². The number of hydrazine groups is 1. The zero-order chi connectivity index (χ0) is 16.6. The van der Waals surface area contributed by atoms with Gasteiger partial charge in [-0.3, -0.25) is 15.0 Å². The number of nitrogens with zero attached hydrogens (tertiary/aromatic N) is 1. The number of rotatable bonds is 4. The summed E-state index contributed by atoms with van der Waals surface area (Å²) < 4.78 is 29.3. The molecule has 2 amide bonds. The molecule has 0 aliphatic carbocycles. The lowest BCUT2D eigenvalue weighted by Crippen LogP contribution is -2.41. The molecule has 1 aliphatic rings. The molecule has 0 atom stereocenters. The van der Waals surface area contributed by atoms with Crippen molar-refractivity contribution in [3.8, 4) is 0 Å². The van der Waals surface area contributed by atoms with Gasteiger partial charge >= 0.3 is 5.91 Å². The van der Waals surface area contributed by atoms with Gasteiger partial charge in [-0.25, -0.2) is 8.42 Å². The van der Waals surface area contributed by atoms with Gasteiger partial charge < -0.3 is 9.32 Å². The number of benzene rings is 1. The molecule has 3 rings (SSSR count). The van der Waals surface area contributed by atoms with Crippen molar-refractivity contribution in [1.82, 2.24) is 10.3 Å². The van der Waals surface area contributed by atoms with E-state index < -0.39 is 15.9 Å². The van der Waals surface area contributed by atoms with Crippen LogP contribution in [0.15, 0.2) is 45.9 Å². The Balaban J connectivity index is 1.77. The summed E-state index contributed by atoms with van der Waals surface area (Å²) in [4.78, 5) is 26.7. The summed E-state index contributed by atoms with van der Waals surface area (Å²) in [7, 11) is -2.33. The molecule has 2 N–H and O–H groups in total. The highest BCUT2D eigenvalue weighted by atomic mass is 32.2. The highest BCUT2D eigenvalue weighted by molar-refractivity contribution is 7.89. The minimum absolute atomic E-state index is 0.0196. The van der Waals surface area contributed by atoms with Crippen LogP contribution < -0.4 is 15.2 Å². The average Bonchev–Trinajstić information content (AvgIpc) is 3.14. The monoisotopic (exact) mass is 335 g/mol. The van der Waals surface area contributed by atoms with Crippen molar-refractivity contribution in [2.75, 3.05) is 11.9 Å². The first kappa shape index (κ1) is 15.3. The summed E-state index contributed by atoms with van der Waals surface area (Å²) in [5.41, 5.74) is 3.36. The van der Waals surface area contributed by atoms with Crippen LogP contribution in [-0.4, -0.2) is 27.3 Å². The fourth-order valence-corrected chi connectivity index (χ4v) is 3.15. The van der Waals surface area contributed by atoms with Crippen LogP contribution in [-0.2, 0) is 21.2 Å². The summed E-state index contributed by atoms with van der Waals surface area (Å²) in [6.07, 6.45) is 1.45. The van der Waals surface area contributed by atoms with Gasteiger partial charge in [-0.1, -0.05) is 0 Å². The SMILES string of the molecule is CN1C(=O)Cc2cc(S(=O)(=O)NNC(=O)c3ccco3)ccc21. The largest absolute Gasteiger partial charge is 0.459 e. The molecule has 1 aliphatic heterocycles. The first-order valence-corrected chi connectivity index (χ1v) is 8.12. The first-order valence-electron chi connectivity index (χ1n) is 6.63. The van der Waals surface area contributed by atoms with Gasteiger partial charge in [0, 0.05) is 12.7 Å². The summed E-state index contributed by atoms with van der Waals surface area (Å²) in [5, 5.41) is 0. The Morgan fingerprint density at radius 3 is 2.78 bits per heavy atom. The van der Waals surface area contributed by atoms with E-state index in [4.69, 9.17) is 4.42 Å². The van der Waals surface area contributed by atoms with E-state index in [1.165, 1.54) is 35.4 Å². The molecule has 2 heterocycles. The van der Waals surface area contributed by atoms with Crippen LogP contribution in [0.1, 0.15) is 16.1 Å². The van der Waals surface area contributed by atoms with E-state index in [0.717, 1.165) is 0 Å². The van der Waals surface area contributed by atoms with E-state index in [9.17, 15) is 18.0 Å². The molecule has 0 spiro atoms. The van der Waals surface area contributed by atoms with Crippen LogP contribution in [0.25, 0.3) is 0 Å². The minimum atomic E-state index is -3.96. The average molecular weight is 335 g/mol. The molecule has 0 fully saturated rings. The van der Waals surface area contributed by atoms with Crippen molar-refractivity contribution in [2.45, 2.75) is 11.3 Å². The zero-order valence-corrected chi connectivity index (χ0v) is 12.9. The van der Waals surface area contributed by atoms with Crippen LogP contribution in [0.3, 0.4) is 0 Å². The van der Waals surface area contributed by atoms with Gasteiger partial charge in [-0.2, -0.15) is 0 Å². The number of hydrogen-bond acceptors (Lipinski definition) is 5. The number of anilines is 1. The molecular formula is C14H13N3O5S. The number of likely N-dealkylation sites (N-methyl/N-ethyl adjacent to an activating group) is 1. The van der Waals surface area contributed by atoms with Crippen molar-refractivity contribution in [3.63, 3.8) is 0 Å². The lowest BCUT2D eigenvalue weighted by molar-refractivity contribution is -0.117. The highest BCUT2D eigenvalue weighted by Gasteiger charge is 2.26. The molecule has 120 valence electrons. The maximum Gasteiger partial charge on any atom is 0.301 e. The van der Waals surface area contributed by atoms with Crippen molar-refractivity contribution in [2.24, 2.45) is 0 Å². The molecular weight excluding hydrogens is 322 g/mol. The number of amides is 2. The van der Waals surface area contributed by atoms with Gasteiger partial charge in [-0.05, 0) is 35.9 Å². The molecule has 9 heteroatoms. The maximum absolute atomic E-state index is 12.2. The predicted octanol–water partition coefficient (Wildman–Crippen LogP) is 0.422. The van der Waals surface area contributed by atoms with Crippen LogP contribution in [0.4, 0.5) is 5.69 Å². The van der Waals surface area contributed by atoms with E-state index in [0.29, 0.717) is 11.3 Å². The molecule has 8 nitrogen and oxygen atoms in total. The standard InChI is InChI=1S/C14H13N3O5S/c1-17-11-5-4-10(7-9(11)8-13(17)18)23(20,21)16-15-14(19)12-3-2-6-22-12/h2-7,16H,8H2,1H3,(H,15,19). The third-order valence-corrected chi connectivity index (χ3v) is 4.73. The second-order valence-electron chi connectivity index (χ2n) is 4.96. The fraction of sp³-hybridized carbons (Fsp3) is 0.143. The predicted molar refractivity (Wildman–Crippen MR) is 80.1 cm³/mol. The summed E-state index contributed by atoms with van der Waals surface area (Å²) in [6.45, 7) is 0. The van der Waals surface area contributed by atoms with E-state index in [2.05, 4.69) is 5.43 Å². The van der Waals surface area contributed by atoms with Gasteiger partial charge in [0.05, 0.1) is 17.6 Å². The fourth-order valence-electron chi connectivity index (χ4n) is 2.26. The number of fused-ring (bicyclic) bond motifs is 1. The van der Waals surface area contributed by atoms with Gasteiger partial charge in [0.15, 0.2) is 5.76 Å². The number of carbonyl (C=O) groups excluding carboxylic acids is 2. The third-order valence-electron chi connectivity index (χ3n) is 3.48. The number of hydrogen-bond donors (Lipinski definition) is 2. The minimum Gasteiger partial charge on any atom is -0.459 e. The molecule has 0 saturated carbocycles. The normalized spacial score (nSPS) is 14.0. The molecule has 23 heavy (non-hydrogen) atoms. The van der Waals surface area contributed by atoms with Gasteiger partial charge in [0.2, 0.25) is 5.91 Å². The Morgan fingerprint density at radius 2 is 2.09 bits per heavy atom. The molecule has 0 radical (unpaired) electrons. The first-order chi connectivity index (χ1) is 10.9. The van der Waals surface area contributed by atoms with Crippen LogP contribution in [0, 0.1) is 0 Å². The smallest absolute Gasteiger partial charge is 0.301 e. The lowest BCUT2D eigenvalue weighted by atomic mass is 10.2. The number of sulfonamides is 1. The van der Waals surface area contributed by atoms with Crippen molar-refractivity contribution in [3.05, 3.63) is 47.9 Å². The van der Waals surface area contributed by atoms with Crippen molar-refractivity contribution >= 4 is 27.5 Å². The molecule has 1 aromatic carbocycles. The number of furan rings is 1. The molecule has 0 unspecified atom stereocenters. The summed E-state index contributed by atoms with van der Waals surface area (Å²) in [5.74, 6) is -0.836. The van der Waals surface area contributed by atoms with E-state index in [-0.39, 0.29) is 23.0 Å². The third kappa shape index (κ3) is 2.83. The quantitative estimate of drug-likeness (QED) is 0.787. The number of carbonyl (C=O) groups is 2. The van der Waals surface area contributed by atoms with Gasteiger partial charge in [-0.15, -0.1) is 4.83 Å². The Morgan fingerprint density at radius 1 is 1.30 bits per heavy atom. The van der Waals surface area contributed by atoms with Crippen LogP contribution in [0.5, 0.6) is 0 Å². The number of nitrogens with one attached hydrogen (secondary N) is 2. The second-order valence-corrected chi connectivity index (χ2v) is 6.64. The second kappa shape index (κ2) is 5.52. The summed E-state index contributed by atoms with van der Waals surface area (Å²) >= 11 is 0. The van der Waals surface area contributed by atoms with E-state index in [1.54, 1.807) is 13.1 Å². The Bertz CT molecular complexity index is 874. The lowest BCUT2D eigenvalue weighted by Gasteiger charge is -2.11. The van der Waals surface area contributed by atoms with Crippen molar-refractivity contribution < 1.29 is 22.4 Å². The topological polar surface area (TPSA) is 109 Å². The Kier molecular flexibility index (Phi) is 3.66. The Hall–Kier alpha value is -2.65.